The minimum atomic E-state index is 0.382. The number of hydrogen-bond acceptors (Lipinski definition) is 3. The molecule has 0 aromatic rings. The molecule has 2 N–H and O–H groups in total. The van der Waals surface area contributed by atoms with Crippen LogP contribution >= 0.6 is 11.8 Å². The molecule has 0 amide bonds. The number of thioether (sulfide) groups is 1. The maximum absolute atomic E-state index is 6.13. The van der Waals surface area contributed by atoms with E-state index in [-0.39, 0.29) is 0 Å². The van der Waals surface area contributed by atoms with Crippen LogP contribution in [-0.4, -0.2) is 41.1 Å². The summed E-state index contributed by atoms with van der Waals surface area (Å²) in [5.74, 6) is 0. The number of unbranched alkanes of at least 4 members (excludes halogenated alkanes) is 1. The summed E-state index contributed by atoms with van der Waals surface area (Å²) in [6.45, 7) is 10.4. The molecule has 1 rings (SSSR count). The van der Waals surface area contributed by atoms with E-state index in [0.29, 0.717) is 6.04 Å². The van der Waals surface area contributed by atoms with E-state index in [4.69, 9.17) is 5.73 Å². The summed E-state index contributed by atoms with van der Waals surface area (Å²) < 4.78 is 0. The van der Waals surface area contributed by atoms with Gasteiger partial charge in [0, 0.05) is 36.2 Å². The Balaban J connectivity index is 2.24. The van der Waals surface area contributed by atoms with Crippen LogP contribution in [0.25, 0.3) is 0 Å². The number of hydrogen-bond donors (Lipinski definition) is 1. The van der Waals surface area contributed by atoms with Crippen molar-refractivity contribution in [1.29, 1.82) is 0 Å². The second kappa shape index (κ2) is 6.77. The van der Waals surface area contributed by atoms with E-state index in [2.05, 4.69) is 37.4 Å². The quantitative estimate of drug-likeness (QED) is 0.786. The van der Waals surface area contributed by atoms with Crippen LogP contribution in [0.2, 0.25) is 0 Å². The van der Waals surface area contributed by atoms with Crippen molar-refractivity contribution in [2.45, 2.75) is 56.6 Å². The fourth-order valence-corrected chi connectivity index (χ4v) is 3.71. The topological polar surface area (TPSA) is 29.3 Å². The van der Waals surface area contributed by atoms with E-state index in [0.717, 1.165) is 17.0 Å². The lowest BCUT2D eigenvalue weighted by Crippen LogP contribution is -2.46. The Morgan fingerprint density at radius 2 is 1.93 bits per heavy atom. The molecular formula is C12H26N2S. The van der Waals surface area contributed by atoms with Gasteiger partial charge in [0.05, 0.1) is 0 Å². The average Bonchev–Trinajstić information content (AvgIpc) is 2.13. The van der Waals surface area contributed by atoms with Crippen molar-refractivity contribution >= 4 is 11.8 Å². The Hall–Kier alpha value is 0.270. The van der Waals surface area contributed by atoms with Gasteiger partial charge in [-0.05, 0) is 6.42 Å². The Bertz CT molecular complexity index is 165. The summed E-state index contributed by atoms with van der Waals surface area (Å²) in [5.41, 5.74) is 6.13. The molecular weight excluding hydrogens is 204 g/mol. The lowest BCUT2D eigenvalue weighted by molar-refractivity contribution is 0.249. The zero-order chi connectivity index (χ0) is 11.3. The molecule has 0 aliphatic carbocycles. The molecule has 0 radical (unpaired) electrons. The van der Waals surface area contributed by atoms with Crippen LogP contribution in [0, 0.1) is 0 Å². The maximum atomic E-state index is 6.13. The molecule has 1 fully saturated rings. The van der Waals surface area contributed by atoms with E-state index in [1.165, 1.54) is 32.4 Å². The van der Waals surface area contributed by atoms with Crippen LogP contribution in [0.15, 0.2) is 0 Å². The average molecular weight is 230 g/mol. The summed E-state index contributed by atoms with van der Waals surface area (Å²) >= 11 is 2.11. The highest BCUT2D eigenvalue weighted by atomic mass is 32.2. The highest BCUT2D eigenvalue weighted by Gasteiger charge is 2.23. The minimum Gasteiger partial charge on any atom is -0.327 e. The molecule has 1 aliphatic rings. The van der Waals surface area contributed by atoms with E-state index in [1.54, 1.807) is 0 Å². The lowest BCUT2D eigenvalue weighted by atomic mass is 10.1. The van der Waals surface area contributed by atoms with Gasteiger partial charge in [-0.2, -0.15) is 11.8 Å². The third-order valence-corrected chi connectivity index (χ3v) is 4.14. The van der Waals surface area contributed by atoms with Gasteiger partial charge in [0.15, 0.2) is 0 Å². The molecule has 0 saturated carbocycles. The molecule has 3 unspecified atom stereocenters. The van der Waals surface area contributed by atoms with Crippen LogP contribution in [0.5, 0.6) is 0 Å². The summed E-state index contributed by atoms with van der Waals surface area (Å²) in [6.07, 6.45) is 3.72. The SMILES string of the molecule is CCCCC(N)CN1CC(C)SC(C)C1. The van der Waals surface area contributed by atoms with Crippen molar-refractivity contribution in [1.82, 2.24) is 4.90 Å². The third-order valence-electron chi connectivity index (χ3n) is 2.92. The normalized spacial score (nSPS) is 30.4. The fourth-order valence-electron chi connectivity index (χ4n) is 2.32. The molecule has 1 aliphatic heterocycles. The number of nitrogens with two attached hydrogens (primary N) is 1. The summed E-state index contributed by atoms with van der Waals surface area (Å²) in [7, 11) is 0. The summed E-state index contributed by atoms with van der Waals surface area (Å²) in [4.78, 5) is 2.55. The zero-order valence-corrected chi connectivity index (χ0v) is 11.2. The lowest BCUT2D eigenvalue weighted by Gasteiger charge is -2.35. The van der Waals surface area contributed by atoms with E-state index in [1.807, 2.05) is 0 Å². The first-order valence-corrected chi connectivity index (χ1v) is 7.19. The molecule has 0 aromatic heterocycles. The number of rotatable bonds is 5. The van der Waals surface area contributed by atoms with E-state index in [9.17, 15) is 0 Å². The van der Waals surface area contributed by atoms with Crippen molar-refractivity contribution in [3.05, 3.63) is 0 Å². The van der Waals surface area contributed by atoms with Crippen LogP contribution in [0.3, 0.4) is 0 Å². The second-order valence-electron chi connectivity index (χ2n) is 4.88. The molecule has 3 heteroatoms. The molecule has 1 heterocycles. The van der Waals surface area contributed by atoms with Crippen LogP contribution in [0.1, 0.15) is 40.0 Å². The molecule has 3 atom stereocenters. The van der Waals surface area contributed by atoms with Gasteiger partial charge in [0.1, 0.15) is 0 Å². The van der Waals surface area contributed by atoms with Gasteiger partial charge in [0.2, 0.25) is 0 Å². The first-order chi connectivity index (χ1) is 7.11. The maximum Gasteiger partial charge on any atom is 0.0167 e. The Kier molecular flexibility index (Phi) is 6.02. The highest BCUT2D eigenvalue weighted by Crippen LogP contribution is 2.24. The Morgan fingerprint density at radius 1 is 1.33 bits per heavy atom. The fraction of sp³-hybridized carbons (Fsp3) is 1.00. The van der Waals surface area contributed by atoms with E-state index >= 15 is 0 Å². The summed E-state index contributed by atoms with van der Waals surface area (Å²) in [5, 5.41) is 1.54. The molecule has 0 bridgehead atoms. The predicted molar refractivity (Wildman–Crippen MR) is 70.5 cm³/mol. The largest absolute Gasteiger partial charge is 0.327 e. The third kappa shape index (κ3) is 5.23. The highest BCUT2D eigenvalue weighted by molar-refractivity contribution is 8.00. The molecule has 0 spiro atoms. The predicted octanol–water partition coefficient (Wildman–Crippen LogP) is 2.33. The molecule has 1 saturated heterocycles. The minimum absolute atomic E-state index is 0.382. The van der Waals surface area contributed by atoms with Crippen molar-refractivity contribution in [3.8, 4) is 0 Å². The first-order valence-electron chi connectivity index (χ1n) is 6.25. The Morgan fingerprint density at radius 3 is 2.47 bits per heavy atom. The smallest absolute Gasteiger partial charge is 0.0167 e. The standard InChI is InChI=1S/C12H26N2S/c1-4-5-6-12(13)9-14-7-10(2)15-11(3)8-14/h10-12H,4-9,13H2,1-3H3. The Labute approximate surface area is 99.0 Å². The van der Waals surface area contributed by atoms with Crippen molar-refractivity contribution in [2.75, 3.05) is 19.6 Å². The molecule has 15 heavy (non-hydrogen) atoms. The van der Waals surface area contributed by atoms with Crippen molar-refractivity contribution < 1.29 is 0 Å². The van der Waals surface area contributed by atoms with Gasteiger partial charge in [-0.3, -0.25) is 4.90 Å². The van der Waals surface area contributed by atoms with Gasteiger partial charge >= 0.3 is 0 Å². The monoisotopic (exact) mass is 230 g/mol. The van der Waals surface area contributed by atoms with Crippen LogP contribution < -0.4 is 5.73 Å². The molecule has 90 valence electrons. The molecule has 2 nitrogen and oxygen atoms in total. The van der Waals surface area contributed by atoms with Crippen molar-refractivity contribution in [2.24, 2.45) is 5.73 Å². The summed E-state index contributed by atoms with van der Waals surface area (Å²) in [6, 6.07) is 0.382. The first kappa shape index (κ1) is 13.3. The van der Waals surface area contributed by atoms with Gasteiger partial charge in [-0.1, -0.05) is 33.6 Å². The van der Waals surface area contributed by atoms with Crippen LogP contribution in [-0.2, 0) is 0 Å². The van der Waals surface area contributed by atoms with Gasteiger partial charge in [-0.25, -0.2) is 0 Å². The zero-order valence-electron chi connectivity index (χ0n) is 10.4. The number of nitrogens with zero attached hydrogens (tertiary/aromatic N) is 1. The van der Waals surface area contributed by atoms with Gasteiger partial charge in [0.25, 0.3) is 0 Å². The van der Waals surface area contributed by atoms with Gasteiger partial charge < -0.3 is 5.73 Å². The second-order valence-corrected chi connectivity index (χ2v) is 6.76. The van der Waals surface area contributed by atoms with Gasteiger partial charge in [-0.15, -0.1) is 0 Å². The van der Waals surface area contributed by atoms with Crippen LogP contribution in [0.4, 0.5) is 0 Å². The molecule has 0 aromatic carbocycles. The van der Waals surface area contributed by atoms with E-state index < -0.39 is 0 Å². The van der Waals surface area contributed by atoms with Crippen molar-refractivity contribution in [3.63, 3.8) is 0 Å².